The third-order valence-corrected chi connectivity index (χ3v) is 1.92. The van der Waals surface area contributed by atoms with Crippen molar-refractivity contribution in [1.29, 1.82) is 0 Å². The molecule has 0 aliphatic heterocycles. The lowest BCUT2D eigenvalue weighted by Gasteiger charge is -2.00. The molecule has 0 heterocycles. The molecule has 16 heavy (non-hydrogen) atoms. The Morgan fingerprint density at radius 2 is 1.81 bits per heavy atom. The van der Waals surface area contributed by atoms with Gasteiger partial charge in [0.15, 0.2) is 0 Å². The molecule has 0 saturated heterocycles. The Hall–Kier alpha value is -1.37. The summed E-state index contributed by atoms with van der Waals surface area (Å²) in [4.78, 5) is 4.13. The monoisotopic (exact) mass is 217 g/mol. The number of allylic oxidation sites excluding steroid dienone is 1. The molecule has 0 fully saturated rings. The van der Waals surface area contributed by atoms with Crippen LogP contribution in [0, 0.1) is 6.92 Å². The molecule has 0 N–H and O–H groups in total. The summed E-state index contributed by atoms with van der Waals surface area (Å²) in [6, 6.07) is 8.55. The Kier molecular flexibility index (Phi) is 7.19. The average molecular weight is 217 g/mol. The molecule has 0 radical (unpaired) electrons. The molecule has 0 aliphatic carbocycles. The van der Waals surface area contributed by atoms with Gasteiger partial charge in [0.2, 0.25) is 0 Å². The van der Waals surface area contributed by atoms with Crippen LogP contribution >= 0.6 is 0 Å². The number of nitrogens with zero attached hydrogens (tertiary/aromatic N) is 1. The molecule has 0 aliphatic rings. The third-order valence-electron chi connectivity index (χ3n) is 1.92. The van der Waals surface area contributed by atoms with Gasteiger partial charge in [-0.05, 0) is 33.3 Å². The number of aliphatic imine (C=N–C) groups is 1. The van der Waals surface area contributed by atoms with Crippen LogP contribution in [0.25, 0.3) is 0 Å². The zero-order valence-corrected chi connectivity index (χ0v) is 11.2. The van der Waals surface area contributed by atoms with Crippen LogP contribution in [-0.2, 0) is 6.42 Å². The molecule has 0 unspecified atom stereocenters. The molecule has 0 saturated carbocycles. The molecule has 1 aromatic carbocycles. The Morgan fingerprint density at radius 1 is 1.25 bits per heavy atom. The van der Waals surface area contributed by atoms with Gasteiger partial charge in [0, 0.05) is 19.2 Å². The fourth-order valence-electron chi connectivity index (χ4n) is 1.20. The van der Waals surface area contributed by atoms with Gasteiger partial charge in [-0.1, -0.05) is 35.4 Å². The van der Waals surface area contributed by atoms with Crippen LogP contribution in [0.15, 0.2) is 41.4 Å². The smallest absolute Gasteiger partial charge is 0.0276 e. The molecule has 1 rings (SSSR count). The molecule has 1 nitrogen and oxygen atoms in total. The summed E-state index contributed by atoms with van der Waals surface area (Å²) < 4.78 is 0. The number of aryl methyl sites for hydroxylation is 1. The van der Waals surface area contributed by atoms with Gasteiger partial charge in [0.25, 0.3) is 0 Å². The SMILES string of the molecule is C=C(C)C.CN=C(C)Cc1cccc(C)c1. The Balaban J connectivity index is 0.000000487. The van der Waals surface area contributed by atoms with Crippen molar-refractivity contribution >= 4 is 5.71 Å². The van der Waals surface area contributed by atoms with E-state index in [2.05, 4.69) is 49.7 Å². The van der Waals surface area contributed by atoms with Gasteiger partial charge in [-0.2, -0.15) is 0 Å². The quantitative estimate of drug-likeness (QED) is 0.520. The second kappa shape index (κ2) is 7.86. The highest BCUT2D eigenvalue weighted by atomic mass is 14.7. The minimum Gasteiger partial charge on any atom is -0.297 e. The van der Waals surface area contributed by atoms with Crippen LogP contribution in [-0.4, -0.2) is 12.8 Å². The molecule has 0 amide bonds. The van der Waals surface area contributed by atoms with Gasteiger partial charge in [0.05, 0.1) is 0 Å². The van der Waals surface area contributed by atoms with E-state index in [-0.39, 0.29) is 0 Å². The first-order chi connectivity index (χ1) is 7.45. The van der Waals surface area contributed by atoms with Crippen LogP contribution in [0.5, 0.6) is 0 Å². The fourth-order valence-corrected chi connectivity index (χ4v) is 1.20. The molecule has 1 heteroatoms. The summed E-state index contributed by atoms with van der Waals surface area (Å²) in [5, 5.41) is 0. The maximum atomic E-state index is 4.13. The molecule has 1 aromatic rings. The molecule has 88 valence electrons. The summed E-state index contributed by atoms with van der Waals surface area (Å²) >= 11 is 0. The highest BCUT2D eigenvalue weighted by molar-refractivity contribution is 5.84. The van der Waals surface area contributed by atoms with Crippen molar-refractivity contribution in [3.8, 4) is 0 Å². The first-order valence-electron chi connectivity index (χ1n) is 5.55. The molecule has 0 aromatic heterocycles. The van der Waals surface area contributed by atoms with Crippen LogP contribution in [0.1, 0.15) is 31.9 Å². The van der Waals surface area contributed by atoms with E-state index >= 15 is 0 Å². The topological polar surface area (TPSA) is 12.4 Å². The van der Waals surface area contributed by atoms with Gasteiger partial charge < -0.3 is 0 Å². The molecular weight excluding hydrogens is 194 g/mol. The second-order valence-corrected chi connectivity index (χ2v) is 4.33. The van der Waals surface area contributed by atoms with Crippen molar-refractivity contribution in [2.24, 2.45) is 4.99 Å². The van der Waals surface area contributed by atoms with E-state index in [0.717, 1.165) is 6.42 Å². The molecule has 0 atom stereocenters. The minimum atomic E-state index is 0.970. The van der Waals surface area contributed by atoms with E-state index in [1.807, 2.05) is 20.9 Å². The minimum absolute atomic E-state index is 0.970. The van der Waals surface area contributed by atoms with Gasteiger partial charge in [-0.3, -0.25) is 4.99 Å². The van der Waals surface area contributed by atoms with Crippen LogP contribution < -0.4 is 0 Å². The number of benzene rings is 1. The summed E-state index contributed by atoms with van der Waals surface area (Å²) in [7, 11) is 1.84. The predicted octanol–water partition coefficient (Wildman–Crippen LogP) is 4.21. The van der Waals surface area contributed by atoms with Crippen molar-refractivity contribution in [2.45, 2.75) is 34.1 Å². The summed E-state index contributed by atoms with van der Waals surface area (Å²) in [6.45, 7) is 11.7. The van der Waals surface area contributed by atoms with Gasteiger partial charge in [-0.15, -0.1) is 6.58 Å². The Morgan fingerprint density at radius 3 is 2.25 bits per heavy atom. The zero-order valence-electron chi connectivity index (χ0n) is 11.2. The van der Waals surface area contributed by atoms with E-state index in [0.29, 0.717) is 0 Å². The fraction of sp³-hybridized carbons (Fsp3) is 0.400. The standard InChI is InChI=1S/C11H15N.C4H8/c1-9-5-4-6-11(7-9)8-10(2)12-3;1-4(2)3/h4-7H,8H2,1-3H3;1H2,2-3H3. The highest BCUT2D eigenvalue weighted by Crippen LogP contribution is 2.05. The van der Waals surface area contributed by atoms with Crippen LogP contribution in [0.2, 0.25) is 0 Å². The number of rotatable bonds is 2. The first-order valence-corrected chi connectivity index (χ1v) is 5.55. The highest BCUT2D eigenvalue weighted by Gasteiger charge is 1.94. The molecule has 0 spiro atoms. The van der Waals surface area contributed by atoms with Crippen LogP contribution in [0.4, 0.5) is 0 Å². The lowest BCUT2D eigenvalue weighted by Crippen LogP contribution is -1.96. The van der Waals surface area contributed by atoms with E-state index in [4.69, 9.17) is 0 Å². The predicted molar refractivity (Wildman–Crippen MR) is 74.4 cm³/mol. The first kappa shape index (κ1) is 14.6. The van der Waals surface area contributed by atoms with Gasteiger partial charge in [0.1, 0.15) is 0 Å². The maximum Gasteiger partial charge on any atom is 0.0276 e. The van der Waals surface area contributed by atoms with Crippen molar-refractivity contribution in [3.63, 3.8) is 0 Å². The van der Waals surface area contributed by atoms with Crippen molar-refractivity contribution < 1.29 is 0 Å². The average Bonchev–Trinajstić information content (AvgIpc) is 2.16. The summed E-state index contributed by atoms with van der Waals surface area (Å²) in [5.41, 5.74) is 5.01. The van der Waals surface area contributed by atoms with Crippen LogP contribution in [0.3, 0.4) is 0 Å². The molecule has 0 bridgehead atoms. The van der Waals surface area contributed by atoms with Crippen molar-refractivity contribution in [3.05, 3.63) is 47.5 Å². The summed E-state index contributed by atoms with van der Waals surface area (Å²) in [5.74, 6) is 0. The zero-order chi connectivity index (χ0) is 12.6. The third kappa shape index (κ3) is 7.98. The maximum absolute atomic E-state index is 4.13. The number of hydrogen-bond donors (Lipinski definition) is 0. The Labute approximate surface area is 99.9 Å². The lowest BCUT2D eigenvalue weighted by molar-refractivity contribution is 1.25. The van der Waals surface area contributed by atoms with Gasteiger partial charge >= 0.3 is 0 Å². The normalized spacial score (nSPS) is 10.4. The van der Waals surface area contributed by atoms with Crippen molar-refractivity contribution in [1.82, 2.24) is 0 Å². The van der Waals surface area contributed by atoms with Crippen molar-refractivity contribution in [2.75, 3.05) is 7.05 Å². The number of hydrogen-bond acceptors (Lipinski definition) is 1. The Bertz CT molecular complexity index is 357. The molecular formula is C15H23N. The van der Waals surface area contributed by atoms with Gasteiger partial charge in [-0.25, -0.2) is 0 Å². The van der Waals surface area contributed by atoms with E-state index < -0.39 is 0 Å². The van der Waals surface area contributed by atoms with E-state index in [1.165, 1.54) is 22.4 Å². The lowest BCUT2D eigenvalue weighted by atomic mass is 10.1. The summed E-state index contributed by atoms with van der Waals surface area (Å²) in [6.07, 6.45) is 0.970. The largest absolute Gasteiger partial charge is 0.297 e. The second-order valence-electron chi connectivity index (χ2n) is 4.33. The van der Waals surface area contributed by atoms with E-state index in [9.17, 15) is 0 Å². The van der Waals surface area contributed by atoms with E-state index in [1.54, 1.807) is 0 Å².